The van der Waals surface area contributed by atoms with Crippen LogP contribution >= 0.6 is 0 Å². The molecular formula is C27H27NO4. The van der Waals surface area contributed by atoms with E-state index in [9.17, 15) is 14.4 Å². The molecule has 0 aliphatic heterocycles. The molecule has 3 aromatic rings. The highest BCUT2D eigenvalue weighted by atomic mass is 16.3. The largest absolute Gasteiger partial charge is 0.388 e. The number of Topliss-reactive ketones (excluding diaryl/α,β-unsaturated/α-hetero) is 2. The lowest BCUT2D eigenvalue weighted by molar-refractivity contribution is -0.127. The molecule has 164 valence electrons. The van der Waals surface area contributed by atoms with Crippen LogP contribution in [0.15, 0.2) is 84.9 Å². The highest BCUT2D eigenvalue weighted by Crippen LogP contribution is 2.11. The first-order chi connectivity index (χ1) is 15.5. The van der Waals surface area contributed by atoms with Crippen LogP contribution in [-0.2, 0) is 28.9 Å². The third-order valence-corrected chi connectivity index (χ3v) is 5.29. The van der Waals surface area contributed by atoms with Crippen molar-refractivity contribution in [3.63, 3.8) is 0 Å². The predicted molar refractivity (Wildman–Crippen MR) is 123 cm³/mol. The number of hydrogen-bond acceptors (Lipinski definition) is 4. The maximum Gasteiger partial charge on any atom is 0.220 e. The average molecular weight is 430 g/mol. The zero-order chi connectivity index (χ0) is 22.8. The number of aliphatic hydroxyl groups excluding tert-OH is 1. The summed E-state index contributed by atoms with van der Waals surface area (Å²) in [6.07, 6.45) is 1.47. The number of carbonyl (C=O) groups excluding carboxylic acids is 3. The van der Waals surface area contributed by atoms with Crippen LogP contribution in [0, 0.1) is 0 Å². The van der Waals surface area contributed by atoms with E-state index in [1.165, 1.54) is 0 Å². The topological polar surface area (TPSA) is 83.5 Å². The van der Waals surface area contributed by atoms with E-state index < -0.39 is 12.6 Å². The van der Waals surface area contributed by atoms with Crippen LogP contribution in [0.25, 0.3) is 0 Å². The summed E-state index contributed by atoms with van der Waals surface area (Å²) in [7, 11) is 0. The minimum absolute atomic E-state index is 0.0943. The number of carbonyl (C=O) groups is 3. The molecule has 0 spiro atoms. The second kappa shape index (κ2) is 11.7. The summed E-state index contributed by atoms with van der Waals surface area (Å²) in [6, 6.07) is 25.3. The van der Waals surface area contributed by atoms with Crippen LogP contribution in [-0.4, -0.2) is 35.2 Å². The summed E-state index contributed by atoms with van der Waals surface area (Å²) in [5, 5.41) is 11.9. The van der Waals surface area contributed by atoms with Gasteiger partial charge in [-0.3, -0.25) is 14.4 Å². The molecule has 5 heteroatoms. The molecule has 0 saturated heterocycles. The van der Waals surface area contributed by atoms with Crippen LogP contribution in [0.3, 0.4) is 0 Å². The molecule has 1 atom stereocenters. The third-order valence-electron chi connectivity index (χ3n) is 5.29. The van der Waals surface area contributed by atoms with E-state index in [2.05, 4.69) is 5.32 Å². The van der Waals surface area contributed by atoms with E-state index in [1.54, 1.807) is 24.3 Å². The standard InChI is InChI=1S/C27H27NO4/c29-19-26(31)23-14-11-22(12-15-23)18-25(30)24(17-21-9-5-2-6-10-21)28-27(32)16-13-20-7-3-1-4-8-20/h1-12,14-15,24,29H,13,16-19H2,(H,28,32)/t24-/m0/s1. The number of hydrogen-bond donors (Lipinski definition) is 2. The van der Waals surface area contributed by atoms with Crippen molar-refractivity contribution in [2.24, 2.45) is 0 Å². The van der Waals surface area contributed by atoms with Crippen LogP contribution < -0.4 is 5.32 Å². The summed E-state index contributed by atoms with van der Waals surface area (Å²) in [4.78, 5) is 37.3. The lowest BCUT2D eigenvalue weighted by atomic mass is 9.96. The molecule has 0 fully saturated rings. The van der Waals surface area contributed by atoms with Gasteiger partial charge in [0.15, 0.2) is 11.6 Å². The fourth-order valence-electron chi connectivity index (χ4n) is 3.49. The molecule has 3 rings (SSSR count). The molecule has 0 aromatic heterocycles. The van der Waals surface area contributed by atoms with Gasteiger partial charge in [0.05, 0.1) is 6.04 Å². The molecule has 0 saturated carbocycles. The van der Waals surface area contributed by atoms with Gasteiger partial charge in [-0.05, 0) is 29.5 Å². The molecule has 0 bridgehead atoms. The van der Waals surface area contributed by atoms with Crippen molar-refractivity contribution in [2.75, 3.05) is 6.61 Å². The predicted octanol–water partition coefficient (Wildman–Crippen LogP) is 3.33. The quantitative estimate of drug-likeness (QED) is 0.458. The first-order valence-corrected chi connectivity index (χ1v) is 10.7. The minimum atomic E-state index is -0.639. The van der Waals surface area contributed by atoms with E-state index in [4.69, 9.17) is 5.11 Å². The van der Waals surface area contributed by atoms with Gasteiger partial charge >= 0.3 is 0 Å². The Bertz CT molecular complexity index is 1030. The first kappa shape index (κ1) is 23.1. The molecule has 0 aliphatic rings. The minimum Gasteiger partial charge on any atom is -0.388 e. The van der Waals surface area contributed by atoms with Gasteiger partial charge in [0, 0.05) is 18.4 Å². The summed E-state index contributed by atoms with van der Waals surface area (Å²) < 4.78 is 0. The summed E-state index contributed by atoms with van der Waals surface area (Å²) in [5.74, 6) is -0.620. The van der Waals surface area contributed by atoms with Crippen LogP contribution in [0.1, 0.15) is 33.5 Å². The first-order valence-electron chi connectivity index (χ1n) is 10.7. The molecule has 0 unspecified atom stereocenters. The SMILES string of the molecule is O=C(CCc1ccccc1)N[C@@H](Cc1ccccc1)C(=O)Cc1ccc(C(=O)CO)cc1. The number of ketones is 2. The van der Waals surface area contributed by atoms with Gasteiger partial charge in [0.1, 0.15) is 6.61 Å². The molecule has 2 N–H and O–H groups in total. The van der Waals surface area contributed by atoms with E-state index in [1.807, 2.05) is 60.7 Å². The lowest BCUT2D eigenvalue weighted by Gasteiger charge is -2.18. The molecular weight excluding hydrogens is 402 g/mol. The van der Waals surface area contributed by atoms with E-state index in [0.717, 1.165) is 16.7 Å². The summed E-state index contributed by atoms with van der Waals surface area (Å²) >= 11 is 0. The Hall–Kier alpha value is -3.57. The van der Waals surface area contributed by atoms with Crippen molar-refractivity contribution >= 4 is 17.5 Å². The second-order valence-electron chi connectivity index (χ2n) is 7.72. The van der Waals surface area contributed by atoms with Gasteiger partial charge < -0.3 is 10.4 Å². The normalized spacial score (nSPS) is 11.5. The Balaban J connectivity index is 1.66. The fraction of sp³-hybridized carbons (Fsp3) is 0.222. The molecule has 1 amide bonds. The fourth-order valence-corrected chi connectivity index (χ4v) is 3.49. The lowest BCUT2D eigenvalue weighted by Crippen LogP contribution is -2.43. The van der Waals surface area contributed by atoms with Crippen molar-refractivity contribution in [3.05, 3.63) is 107 Å². The average Bonchev–Trinajstić information content (AvgIpc) is 2.83. The van der Waals surface area contributed by atoms with Gasteiger partial charge in [-0.25, -0.2) is 0 Å². The molecule has 0 radical (unpaired) electrons. The number of nitrogens with one attached hydrogen (secondary N) is 1. The molecule has 32 heavy (non-hydrogen) atoms. The Kier molecular flexibility index (Phi) is 8.46. The molecule has 3 aromatic carbocycles. The number of aryl methyl sites for hydroxylation is 1. The second-order valence-corrected chi connectivity index (χ2v) is 7.72. The van der Waals surface area contributed by atoms with E-state index in [-0.39, 0.29) is 23.9 Å². The van der Waals surface area contributed by atoms with Gasteiger partial charge in [-0.2, -0.15) is 0 Å². The van der Waals surface area contributed by atoms with Crippen molar-refractivity contribution in [2.45, 2.75) is 31.7 Å². The highest BCUT2D eigenvalue weighted by molar-refractivity contribution is 5.97. The Morgan fingerprint density at radius 3 is 1.94 bits per heavy atom. The maximum absolute atomic E-state index is 13.1. The van der Waals surface area contributed by atoms with Gasteiger partial charge in [0.2, 0.25) is 5.91 Å². The Labute approximate surface area is 188 Å². The van der Waals surface area contributed by atoms with Crippen LogP contribution in [0.2, 0.25) is 0 Å². The van der Waals surface area contributed by atoms with Gasteiger partial charge in [-0.1, -0.05) is 84.9 Å². The van der Waals surface area contributed by atoms with Crippen molar-refractivity contribution in [1.29, 1.82) is 0 Å². The van der Waals surface area contributed by atoms with Gasteiger partial charge in [-0.15, -0.1) is 0 Å². The van der Waals surface area contributed by atoms with Crippen molar-refractivity contribution in [1.82, 2.24) is 5.32 Å². The molecule has 5 nitrogen and oxygen atoms in total. The van der Waals surface area contributed by atoms with Gasteiger partial charge in [0.25, 0.3) is 0 Å². The molecule has 0 aliphatic carbocycles. The number of aliphatic hydroxyl groups is 1. The van der Waals surface area contributed by atoms with Crippen molar-refractivity contribution in [3.8, 4) is 0 Å². The van der Waals surface area contributed by atoms with Crippen LogP contribution in [0.4, 0.5) is 0 Å². The number of amides is 1. The smallest absolute Gasteiger partial charge is 0.220 e. The zero-order valence-electron chi connectivity index (χ0n) is 17.9. The number of benzene rings is 3. The zero-order valence-corrected chi connectivity index (χ0v) is 17.9. The monoisotopic (exact) mass is 429 g/mol. The Morgan fingerprint density at radius 2 is 1.34 bits per heavy atom. The van der Waals surface area contributed by atoms with Crippen LogP contribution in [0.5, 0.6) is 0 Å². The van der Waals surface area contributed by atoms with Crippen molar-refractivity contribution < 1.29 is 19.5 Å². The molecule has 0 heterocycles. The van der Waals surface area contributed by atoms with E-state index in [0.29, 0.717) is 24.8 Å². The Morgan fingerprint density at radius 1 is 0.750 bits per heavy atom. The summed E-state index contributed by atoms with van der Waals surface area (Å²) in [6.45, 7) is -0.549. The third kappa shape index (κ3) is 7.00. The number of rotatable bonds is 11. The summed E-state index contributed by atoms with van der Waals surface area (Å²) in [5.41, 5.74) is 3.20. The maximum atomic E-state index is 13.1. The van der Waals surface area contributed by atoms with E-state index >= 15 is 0 Å². The highest BCUT2D eigenvalue weighted by Gasteiger charge is 2.21.